The van der Waals surface area contributed by atoms with Gasteiger partial charge in [0.1, 0.15) is 0 Å². The van der Waals surface area contributed by atoms with Gasteiger partial charge in [-0.2, -0.15) is 0 Å². The Morgan fingerprint density at radius 2 is 1.79 bits per heavy atom. The molecule has 29 heavy (non-hydrogen) atoms. The SMILES string of the molecule is CCOC(=O)C1=C(C)NC(C)=C(C(=O)OC(C)C)C1c1cc([N+](=O)[O-])ccc1Cl. The summed E-state index contributed by atoms with van der Waals surface area (Å²) in [6, 6.07) is 3.90. The van der Waals surface area contributed by atoms with Crippen molar-refractivity contribution in [2.45, 2.75) is 46.6 Å². The number of allylic oxidation sites excluding steroid dienone is 2. The first-order valence-corrected chi connectivity index (χ1v) is 9.46. The fraction of sp³-hybridized carbons (Fsp3) is 0.400. The van der Waals surface area contributed by atoms with E-state index >= 15 is 0 Å². The molecule has 0 fully saturated rings. The van der Waals surface area contributed by atoms with Crippen LogP contribution in [0.25, 0.3) is 0 Å². The lowest BCUT2D eigenvalue weighted by Crippen LogP contribution is -2.33. The Balaban J connectivity index is 2.76. The number of nitro groups is 1. The van der Waals surface area contributed by atoms with Gasteiger partial charge in [-0.15, -0.1) is 0 Å². The van der Waals surface area contributed by atoms with E-state index in [0.717, 1.165) is 0 Å². The van der Waals surface area contributed by atoms with Gasteiger partial charge in [-0.3, -0.25) is 10.1 Å². The predicted octanol–water partition coefficient (Wildman–Crippen LogP) is 4.00. The summed E-state index contributed by atoms with van der Waals surface area (Å²) in [6.07, 6.45) is -0.401. The Labute approximate surface area is 173 Å². The average Bonchev–Trinajstić information content (AvgIpc) is 2.60. The lowest BCUT2D eigenvalue weighted by atomic mass is 9.80. The van der Waals surface area contributed by atoms with E-state index in [4.69, 9.17) is 21.1 Å². The highest BCUT2D eigenvalue weighted by Gasteiger charge is 2.39. The summed E-state index contributed by atoms with van der Waals surface area (Å²) >= 11 is 6.36. The van der Waals surface area contributed by atoms with Crippen LogP contribution in [-0.2, 0) is 19.1 Å². The third-order valence-electron chi connectivity index (χ3n) is 4.32. The van der Waals surface area contributed by atoms with Gasteiger partial charge in [0, 0.05) is 28.5 Å². The first-order chi connectivity index (χ1) is 13.6. The molecule has 2 rings (SSSR count). The highest BCUT2D eigenvalue weighted by molar-refractivity contribution is 6.31. The van der Waals surface area contributed by atoms with Crippen molar-refractivity contribution in [3.8, 4) is 0 Å². The zero-order valence-electron chi connectivity index (χ0n) is 16.9. The Morgan fingerprint density at radius 1 is 1.21 bits per heavy atom. The van der Waals surface area contributed by atoms with E-state index in [1.54, 1.807) is 34.6 Å². The minimum atomic E-state index is -0.978. The smallest absolute Gasteiger partial charge is 0.337 e. The van der Waals surface area contributed by atoms with Crippen LogP contribution in [0.1, 0.15) is 46.1 Å². The molecule has 1 N–H and O–H groups in total. The van der Waals surface area contributed by atoms with Gasteiger partial charge in [0.05, 0.1) is 34.7 Å². The number of carbonyl (C=O) groups is 2. The number of dihydropyridines is 1. The Hall–Kier alpha value is -2.87. The van der Waals surface area contributed by atoms with E-state index in [-0.39, 0.29) is 34.0 Å². The van der Waals surface area contributed by atoms with E-state index in [2.05, 4.69) is 5.32 Å². The fourth-order valence-corrected chi connectivity index (χ4v) is 3.43. The quantitative estimate of drug-likeness (QED) is 0.419. The molecule has 156 valence electrons. The molecule has 0 aromatic heterocycles. The number of non-ortho nitro benzene ring substituents is 1. The Kier molecular flexibility index (Phi) is 7.02. The normalized spacial score (nSPS) is 16.6. The Morgan fingerprint density at radius 3 is 2.31 bits per heavy atom. The molecule has 0 radical (unpaired) electrons. The largest absolute Gasteiger partial charge is 0.463 e. The van der Waals surface area contributed by atoms with Crippen molar-refractivity contribution in [3.05, 3.63) is 61.4 Å². The van der Waals surface area contributed by atoms with E-state index < -0.39 is 28.9 Å². The molecule has 0 saturated carbocycles. The third kappa shape index (κ3) is 4.76. The number of hydrogen-bond acceptors (Lipinski definition) is 7. The van der Waals surface area contributed by atoms with Crippen molar-refractivity contribution in [1.29, 1.82) is 0 Å². The van der Waals surface area contributed by atoms with Crippen LogP contribution < -0.4 is 5.32 Å². The van der Waals surface area contributed by atoms with Crippen LogP contribution in [0.3, 0.4) is 0 Å². The molecule has 9 heteroatoms. The molecule has 1 aromatic carbocycles. The zero-order valence-corrected chi connectivity index (χ0v) is 17.6. The molecule has 1 atom stereocenters. The minimum absolute atomic E-state index is 0.124. The molecule has 0 amide bonds. The second-order valence-corrected chi connectivity index (χ2v) is 7.18. The second-order valence-electron chi connectivity index (χ2n) is 6.77. The van der Waals surface area contributed by atoms with E-state index in [1.165, 1.54) is 18.2 Å². The molecule has 0 spiro atoms. The number of halogens is 1. The molecule has 1 aliphatic heterocycles. The summed E-state index contributed by atoms with van der Waals surface area (Å²) in [5.41, 5.74) is 1.27. The first-order valence-electron chi connectivity index (χ1n) is 9.08. The summed E-state index contributed by atoms with van der Waals surface area (Å²) < 4.78 is 10.5. The predicted molar refractivity (Wildman–Crippen MR) is 107 cm³/mol. The first kappa shape index (κ1) is 22.4. The van der Waals surface area contributed by atoms with Gasteiger partial charge >= 0.3 is 11.9 Å². The maximum atomic E-state index is 12.9. The molecular formula is C20H23ClN2O6. The lowest BCUT2D eigenvalue weighted by molar-refractivity contribution is -0.384. The van der Waals surface area contributed by atoms with Crippen LogP contribution in [0.4, 0.5) is 5.69 Å². The molecule has 1 unspecified atom stereocenters. The van der Waals surface area contributed by atoms with Gasteiger partial charge in [-0.05, 0) is 46.2 Å². The monoisotopic (exact) mass is 422 g/mol. The van der Waals surface area contributed by atoms with Crippen LogP contribution in [0.2, 0.25) is 5.02 Å². The maximum absolute atomic E-state index is 12.9. The van der Waals surface area contributed by atoms with Crippen LogP contribution in [0.15, 0.2) is 40.7 Å². The number of nitrogens with one attached hydrogen (secondary N) is 1. The van der Waals surface area contributed by atoms with Crippen molar-refractivity contribution in [2.24, 2.45) is 0 Å². The maximum Gasteiger partial charge on any atom is 0.337 e. The molecule has 0 aliphatic carbocycles. The van der Waals surface area contributed by atoms with E-state index in [9.17, 15) is 19.7 Å². The molecule has 0 saturated heterocycles. The summed E-state index contributed by atoms with van der Waals surface area (Å²) in [5, 5.41) is 14.5. The highest BCUT2D eigenvalue weighted by atomic mass is 35.5. The van der Waals surface area contributed by atoms with Crippen LogP contribution in [0.5, 0.6) is 0 Å². The summed E-state index contributed by atoms with van der Waals surface area (Å²) in [5.74, 6) is -2.27. The van der Waals surface area contributed by atoms with Gasteiger partial charge in [0.15, 0.2) is 0 Å². The van der Waals surface area contributed by atoms with Crippen LogP contribution in [0, 0.1) is 10.1 Å². The molecule has 1 aliphatic rings. The van der Waals surface area contributed by atoms with Gasteiger partial charge in [0.2, 0.25) is 0 Å². The average molecular weight is 423 g/mol. The fourth-order valence-electron chi connectivity index (χ4n) is 3.20. The number of benzene rings is 1. The number of carbonyl (C=O) groups excluding carboxylic acids is 2. The molecular weight excluding hydrogens is 400 g/mol. The van der Waals surface area contributed by atoms with Gasteiger partial charge in [-0.1, -0.05) is 11.6 Å². The number of hydrogen-bond donors (Lipinski definition) is 1. The van der Waals surface area contributed by atoms with Crippen molar-refractivity contribution < 1.29 is 24.0 Å². The number of ether oxygens (including phenoxy) is 2. The van der Waals surface area contributed by atoms with E-state index in [0.29, 0.717) is 11.4 Å². The molecule has 0 bridgehead atoms. The second kappa shape index (κ2) is 9.09. The topological polar surface area (TPSA) is 108 Å². The third-order valence-corrected chi connectivity index (χ3v) is 4.66. The summed E-state index contributed by atoms with van der Waals surface area (Å²) in [4.78, 5) is 36.4. The van der Waals surface area contributed by atoms with Crippen molar-refractivity contribution in [3.63, 3.8) is 0 Å². The molecule has 8 nitrogen and oxygen atoms in total. The number of nitro benzene ring substituents is 1. The summed E-state index contributed by atoms with van der Waals surface area (Å²) in [7, 11) is 0. The number of rotatable bonds is 6. The lowest BCUT2D eigenvalue weighted by Gasteiger charge is -2.31. The van der Waals surface area contributed by atoms with Crippen LogP contribution >= 0.6 is 11.6 Å². The van der Waals surface area contributed by atoms with Crippen molar-refractivity contribution >= 4 is 29.2 Å². The van der Waals surface area contributed by atoms with Crippen LogP contribution in [-0.4, -0.2) is 29.6 Å². The zero-order chi connectivity index (χ0) is 21.9. The number of nitrogens with zero attached hydrogens (tertiary/aromatic N) is 1. The standard InChI is InChI=1S/C20H23ClN2O6/c1-6-28-19(24)16-11(4)22-12(5)17(20(25)29-10(2)3)18(16)14-9-13(23(26)27)7-8-15(14)21/h7-10,18,22H,6H2,1-5H3. The van der Waals surface area contributed by atoms with Crippen molar-refractivity contribution in [1.82, 2.24) is 5.32 Å². The molecule has 1 heterocycles. The molecule has 1 aromatic rings. The highest BCUT2D eigenvalue weighted by Crippen LogP contribution is 2.43. The number of esters is 2. The van der Waals surface area contributed by atoms with Gasteiger partial charge in [-0.25, -0.2) is 9.59 Å². The van der Waals surface area contributed by atoms with Gasteiger partial charge in [0.25, 0.3) is 5.69 Å². The minimum Gasteiger partial charge on any atom is -0.463 e. The van der Waals surface area contributed by atoms with E-state index in [1.807, 2.05) is 0 Å². The summed E-state index contributed by atoms with van der Waals surface area (Å²) in [6.45, 7) is 8.52. The Bertz CT molecular complexity index is 920. The van der Waals surface area contributed by atoms with Crippen molar-refractivity contribution in [2.75, 3.05) is 6.61 Å². The van der Waals surface area contributed by atoms with Gasteiger partial charge < -0.3 is 14.8 Å².